The summed E-state index contributed by atoms with van der Waals surface area (Å²) in [5.74, 6) is -2.81. The molecule has 0 unspecified atom stereocenters. The number of aryl methyl sites for hydroxylation is 1. The van der Waals surface area contributed by atoms with Crippen molar-refractivity contribution >= 4 is 9.84 Å². The average Bonchev–Trinajstić information content (AvgIpc) is 2.15. The van der Waals surface area contributed by atoms with E-state index >= 15 is 0 Å². The summed E-state index contributed by atoms with van der Waals surface area (Å²) in [5, 5.41) is 0. The van der Waals surface area contributed by atoms with E-state index < -0.39 is 15.8 Å². The van der Waals surface area contributed by atoms with Gasteiger partial charge in [0.1, 0.15) is 0 Å². The smallest absolute Gasteiger partial charge is 0.224 e. The van der Waals surface area contributed by atoms with Gasteiger partial charge in [0.05, 0.1) is 10.6 Å². The maximum atomic E-state index is 13.1. The number of fused-ring (bicyclic) bond motifs is 1. The molecule has 0 saturated carbocycles. The Labute approximate surface area is 93.2 Å². The molecule has 1 aromatic carbocycles. The summed E-state index contributed by atoms with van der Waals surface area (Å²) in [7, 11) is -3.25. The van der Waals surface area contributed by atoms with Gasteiger partial charge in [-0.2, -0.15) is 0 Å². The third-order valence-electron chi connectivity index (χ3n) is 2.76. The minimum absolute atomic E-state index is 0.113. The molecule has 0 N–H and O–H groups in total. The van der Waals surface area contributed by atoms with Gasteiger partial charge in [-0.05, 0) is 30.5 Å². The molecular weight excluding hydrogens is 234 g/mol. The molecule has 0 amide bonds. The van der Waals surface area contributed by atoms with Gasteiger partial charge >= 0.3 is 0 Å². The van der Waals surface area contributed by atoms with Crippen molar-refractivity contribution in [2.24, 2.45) is 0 Å². The first-order chi connectivity index (χ1) is 7.31. The molecule has 0 bridgehead atoms. The van der Waals surface area contributed by atoms with Gasteiger partial charge in [-0.15, -0.1) is 0 Å². The van der Waals surface area contributed by atoms with Crippen molar-refractivity contribution < 1.29 is 17.2 Å². The maximum Gasteiger partial charge on any atom is 0.270 e. The van der Waals surface area contributed by atoms with Crippen LogP contribution in [0.15, 0.2) is 23.1 Å². The van der Waals surface area contributed by atoms with Crippen molar-refractivity contribution in [3.05, 3.63) is 29.3 Å². The van der Waals surface area contributed by atoms with Gasteiger partial charge in [-0.25, -0.2) is 17.2 Å². The van der Waals surface area contributed by atoms with Crippen LogP contribution in [0.1, 0.15) is 24.5 Å². The molecule has 0 fully saturated rings. The second-order valence-electron chi connectivity index (χ2n) is 4.13. The van der Waals surface area contributed by atoms with Crippen LogP contribution in [-0.2, 0) is 22.2 Å². The van der Waals surface area contributed by atoms with Crippen LogP contribution in [0, 0.1) is 0 Å². The zero-order chi connectivity index (χ0) is 12.0. The van der Waals surface area contributed by atoms with Gasteiger partial charge in [0.15, 0.2) is 9.84 Å². The molecule has 0 aromatic heterocycles. The van der Waals surface area contributed by atoms with Gasteiger partial charge in [0, 0.05) is 12.5 Å². The fourth-order valence-corrected chi connectivity index (χ4v) is 3.49. The van der Waals surface area contributed by atoms with Gasteiger partial charge in [-0.3, -0.25) is 0 Å². The third-order valence-corrected chi connectivity index (χ3v) is 4.66. The zero-order valence-electron chi connectivity index (χ0n) is 8.83. The lowest BCUT2D eigenvalue weighted by Crippen LogP contribution is -2.17. The van der Waals surface area contributed by atoms with Crippen molar-refractivity contribution in [2.75, 3.05) is 5.75 Å². The van der Waals surface area contributed by atoms with Crippen LogP contribution in [0.4, 0.5) is 8.78 Å². The van der Waals surface area contributed by atoms with Crippen LogP contribution in [0.5, 0.6) is 0 Å². The van der Waals surface area contributed by atoms with E-state index in [4.69, 9.17) is 0 Å². The lowest BCUT2D eigenvalue weighted by Gasteiger charge is -2.19. The van der Waals surface area contributed by atoms with Crippen LogP contribution in [-0.4, -0.2) is 14.2 Å². The molecule has 0 atom stereocenters. The van der Waals surface area contributed by atoms with E-state index in [1.54, 1.807) is 0 Å². The first kappa shape index (κ1) is 11.5. The molecule has 0 spiro atoms. The number of alkyl halides is 2. The van der Waals surface area contributed by atoms with E-state index in [1.165, 1.54) is 18.2 Å². The molecule has 16 heavy (non-hydrogen) atoms. The Kier molecular flexibility index (Phi) is 2.53. The molecule has 0 radical (unpaired) electrons. The number of hydrogen-bond donors (Lipinski definition) is 0. The van der Waals surface area contributed by atoms with E-state index in [0.29, 0.717) is 18.4 Å². The Balaban J connectivity index is 2.57. The largest absolute Gasteiger partial charge is 0.270 e. The lowest BCUT2D eigenvalue weighted by molar-refractivity contribution is 0.0173. The Morgan fingerprint density at radius 1 is 1.31 bits per heavy atom. The summed E-state index contributed by atoms with van der Waals surface area (Å²) in [6.45, 7) is 0.812. The predicted octanol–water partition coefficient (Wildman–Crippen LogP) is 2.52. The monoisotopic (exact) mass is 246 g/mol. The van der Waals surface area contributed by atoms with E-state index in [-0.39, 0.29) is 16.2 Å². The summed E-state index contributed by atoms with van der Waals surface area (Å²) in [5.41, 5.74) is 0.397. The predicted molar refractivity (Wildman–Crippen MR) is 56.4 cm³/mol. The number of halogens is 2. The molecule has 1 aromatic rings. The molecule has 5 heteroatoms. The molecular formula is C11H12F2O2S. The molecule has 0 aliphatic carbocycles. The summed E-state index contributed by atoms with van der Waals surface area (Å²) in [6.07, 6.45) is 1.06. The maximum absolute atomic E-state index is 13.1. The summed E-state index contributed by atoms with van der Waals surface area (Å²) in [6, 6.07) is 3.81. The van der Waals surface area contributed by atoms with Crippen molar-refractivity contribution in [1.29, 1.82) is 0 Å². The molecule has 2 rings (SSSR count). The Bertz CT molecular complexity index is 515. The fraction of sp³-hybridized carbons (Fsp3) is 0.455. The normalized spacial score (nSPS) is 19.2. The Hall–Kier alpha value is -0.970. The van der Waals surface area contributed by atoms with Gasteiger partial charge < -0.3 is 0 Å². The van der Waals surface area contributed by atoms with E-state index in [2.05, 4.69) is 0 Å². The molecule has 2 nitrogen and oxygen atoms in total. The summed E-state index contributed by atoms with van der Waals surface area (Å²) < 4.78 is 49.4. The zero-order valence-corrected chi connectivity index (χ0v) is 9.65. The van der Waals surface area contributed by atoms with E-state index in [1.807, 2.05) is 0 Å². The Morgan fingerprint density at radius 2 is 2.00 bits per heavy atom. The standard InChI is InChI=1S/C11H12F2O2S/c1-11(12,13)9-4-5-10-8(7-9)3-2-6-16(10,14)15/h4-5,7H,2-3,6H2,1H3. The second-order valence-corrected chi connectivity index (χ2v) is 6.21. The minimum Gasteiger partial charge on any atom is -0.224 e. The highest BCUT2D eigenvalue weighted by molar-refractivity contribution is 7.91. The molecule has 1 aliphatic rings. The molecule has 88 valence electrons. The van der Waals surface area contributed by atoms with Crippen LogP contribution in [0.25, 0.3) is 0 Å². The molecule has 1 heterocycles. The Morgan fingerprint density at radius 3 is 2.62 bits per heavy atom. The van der Waals surface area contributed by atoms with Crippen LogP contribution >= 0.6 is 0 Å². The van der Waals surface area contributed by atoms with Crippen LogP contribution in [0.2, 0.25) is 0 Å². The summed E-state index contributed by atoms with van der Waals surface area (Å²) in [4.78, 5) is 0.215. The highest BCUT2D eigenvalue weighted by Crippen LogP contribution is 2.32. The molecule has 0 saturated heterocycles. The van der Waals surface area contributed by atoms with Gasteiger partial charge in [0.25, 0.3) is 5.92 Å². The second kappa shape index (κ2) is 3.52. The minimum atomic E-state index is -3.25. The highest BCUT2D eigenvalue weighted by atomic mass is 32.2. The highest BCUT2D eigenvalue weighted by Gasteiger charge is 2.29. The number of benzene rings is 1. The first-order valence-corrected chi connectivity index (χ1v) is 6.70. The van der Waals surface area contributed by atoms with Gasteiger partial charge in [-0.1, -0.05) is 6.07 Å². The SMILES string of the molecule is CC(F)(F)c1ccc2c(c1)CCCS2(=O)=O. The number of hydrogen-bond acceptors (Lipinski definition) is 2. The third kappa shape index (κ3) is 1.96. The van der Waals surface area contributed by atoms with Crippen molar-refractivity contribution in [3.8, 4) is 0 Å². The van der Waals surface area contributed by atoms with Crippen LogP contribution in [0.3, 0.4) is 0 Å². The van der Waals surface area contributed by atoms with Crippen molar-refractivity contribution in [1.82, 2.24) is 0 Å². The quantitative estimate of drug-likeness (QED) is 0.763. The fourth-order valence-electron chi connectivity index (χ4n) is 1.91. The van der Waals surface area contributed by atoms with E-state index in [9.17, 15) is 17.2 Å². The van der Waals surface area contributed by atoms with Gasteiger partial charge in [0.2, 0.25) is 0 Å². The van der Waals surface area contributed by atoms with Crippen molar-refractivity contribution in [2.45, 2.75) is 30.6 Å². The first-order valence-electron chi connectivity index (χ1n) is 5.05. The van der Waals surface area contributed by atoms with Crippen molar-refractivity contribution in [3.63, 3.8) is 0 Å². The average molecular weight is 246 g/mol. The molecule has 1 aliphatic heterocycles. The number of sulfone groups is 1. The van der Waals surface area contributed by atoms with E-state index in [0.717, 1.165) is 6.92 Å². The topological polar surface area (TPSA) is 34.1 Å². The number of rotatable bonds is 1. The van der Waals surface area contributed by atoms with Crippen LogP contribution < -0.4 is 0 Å². The lowest BCUT2D eigenvalue weighted by atomic mass is 10.0. The summed E-state index contributed by atoms with van der Waals surface area (Å²) >= 11 is 0.